The Morgan fingerprint density at radius 3 is 3.08 bits per heavy atom. The zero-order chi connectivity index (χ0) is 9.26. The highest BCUT2D eigenvalue weighted by atomic mass is 32.2. The normalized spacial score (nSPS) is 26.9. The highest BCUT2D eigenvalue weighted by Crippen LogP contribution is 2.26. The quantitative estimate of drug-likeness (QED) is 0.686. The van der Waals surface area contributed by atoms with Crippen molar-refractivity contribution in [1.82, 2.24) is 10.2 Å². The van der Waals surface area contributed by atoms with Crippen molar-refractivity contribution in [3.63, 3.8) is 0 Å². The predicted molar refractivity (Wildman–Crippen MR) is 58.1 cm³/mol. The van der Waals surface area contributed by atoms with Crippen molar-refractivity contribution in [2.24, 2.45) is 0 Å². The lowest BCUT2D eigenvalue weighted by molar-refractivity contribution is 0.500. The Kier molecular flexibility index (Phi) is 2.36. The Bertz CT molecular complexity index is 291. The van der Waals surface area contributed by atoms with Crippen LogP contribution in [0.15, 0.2) is 35.0 Å². The fourth-order valence-electron chi connectivity index (χ4n) is 1.45. The van der Waals surface area contributed by atoms with Gasteiger partial charge in [0, 0.05) is 25.4 Å². The minimum absolute atomic E-state index is 0.511. The fourth-order valence-corrected chi connectivity index (χ4v) is 2.19. The molecule has 70 valence electrons. The van der Waals surface area contributed by atoms with E-state index >= 15 is 0 Å². The molecule has 0 bridgehead atoms. The number of nitrogens with one attached hydrogen (secondary N) is 1. The molecule has 0 aromatic heterocycles. The molecular weight excluding hydrogens is 180 g/mol. The molecule has 0 radical (unpaired) electrons. The van der Waals surface area contributed by atoms with Gasteiger partial charge in [-0.1, -0.05) is 12.2 Å². The summed E-state index contributed by atoms with van der Waals surface area (Å²) in [4.78, 5) is 2.19. The summed E-state index contributed by atoms with van der Waals surface area (Å²) in [7, 11) is 2.09. The fraction of sp³-hybridized carbons (Fsp3) is 0.400. The highest BCUT2D eigenvalue weighted by molar-refractivity contribution is 8.02. The maximum Gasteiger partial charge on any atom is 0.0735 e. The van der Waals surface area contributed by atoms with Crippen LogP contribution in [0.1, 0.15) is 6.92 Å². The first-order chi connectivity index (χ1) is 6.25. The van der Waals surface area contributed by atoms with E-state index in [2.05, 4.69) is 47.9 Å². The van der Waals surface area contributed by atoms with E-state index in [0.717, 1.165) is 6.54 Å². The van der Waals surface area contributed by atoms with Crippen LogP contribution in [-0.2, 0) is 0 Å². The molecule has 0 aromatic rings. The van der Waals surface area contributed by atoms with Crippen molar-refractivity contribution in [2.45, 2.75) is 12.3 Å². The smallest absolute Gasteiger partial charge is 0.0735 e. The number of hydrogen-bond donors (Lipinski definition) is 1. The van der Waals surface area contributed by atoms with E-state index in [1.54, 1.807) is 0 Å². The van der Waals surface area contributed by atoms with Crippen LogP contribution in [0.25, 0.3) is 0 Å². The summed E-state index contributed by atoms with van der Waals surface area (Å²) in [5.74, 6) is 0. The third kappa shape index (κ3) is 1.91. The first kappa shape index (κ1) is 8.75. The SMILES string of the molecule is CC1NC(C2=CN(C)CC=C2)=CS1. The molecule has 2 aliphatic heterocycles. The van der Waals surface area contributed by atoms with Gasteiger partial charge in [-0.3, -0.25) is 0 Å². The van der Waals surface area contributed by atoms with E-state index < -0.39 is 0 Å². The van der Waals surface area contributed by atoms with Gasteiger partial charge in [0.05, 0.1) is 11.1 Å². The van der Waals surface area contributed by atoms with Crippen LogP contribution < -0.4 is 5.32 Å². The molecule has 1 N–H and O–H groups in total. The van der Waals surface area contributed by atoms with Crippen LogP contribution in [0.4, 0.5) is 0 Å². The van der Waals surface area contributed by atoms with E-state index in [0.29, 0.717) is 5.37 Å². The van der Waals surface area contributed by atoms with Gasteiger partial charge >= 0.3 is 0 Å². The molecule has 2 nitrogen and oxygen atoms in total. The van der Waals surface area contributed by atoms with Crippen LogP contribution in [0.3, 0.4) is 0 Å². The summed E-state index contributed by atoms with van der Waals surface area (Å²) >= 11 is 1.83. The predicted octanol–water partition coefficient (Wildman–Crippen LogP) is 1.90. The Morgan fingerprint density at radius 2 is 2.46 bits per heavy atom. The van der Waals surface area contributed by atoms with Crippen LogP contribution in [0.2, 0.25) is 0 Å². The molecule has 1 unspecified atom stereocenters. The number of likely N-dealkylation sites (N-methyl/N-ethyl adjacent to an activating group) is 1. The van der Waals surface area contributed by atoms with Crippen LogP contribution in [0, 0.1) is 0 Å². The summed E-state index contributed by atoms with van der Waals surface area (Å²) in [6.45, 7) is 3.18. The molecular formula is C10H14N2S. The Labute approximate surface area is 83.4 Å². The molecule has 0 saturated heterocycles. The first-order valence-electron chi connectivity index (χ1n) is 4.47. The summed E-state index contributed by atoms with van der Waals surface area (Å²) in [5.41, 5.74) is 2.53. The lowest BCUT2D eigenvalue weighted by atomic mass is 10.1. The number of allylic oxidation sites excluding steroid dienone is 1. The van der Waals surface area contributed by atoms with Crippen LogP contribution in [-0.4, -0.2) is 23.9 Å². The number of thioether (sulfide) groups is 1. The lowest BCUT2D eigenvalue weighted by Gasteiger charge is -2.19. The minimum Gasteiger partial charge on any atom is -0.376 e. The molecule has 1 atom stereocenters. The monoisotopic (exact) mass is 194 g/mol. The second kappa shape index (κ2) is 3.50. The summed E-state index contributed by atoms with van der Waals surface area (Å²) < 4.78 is 0. The van der Waals surface area contributed by atoms with E-state index in [4.69, 9.17) is 0 Å². The van der Waals surface area contributed by atoms with Crippen molar-refractivity contribution in [2.75, 3.05) is 13.6 Å². The Balaban J connectivity index is 2.13. The largest absolute Gasteiger partial charge is 0.376 e. The maximum atomic E-state index is 3.42. The number of nitrogens with zero attached hydrogens (tertiary/aromatic N) is 1. The van der Waals surface area contributed by atoms with E-state index in [1.165, 1.54) is 11.3 Å². The molecule has 0 aliphatic carbocycles. The van der Waals surface area contributed by atoms with Gasteiger partial charge in [-0.15, -0.1) is 11.8 Å². The molecule has 0 saturated carbocycles. The van der Waals surface area contributed by atoms with E-state index in [9.17, 15) is 0 Å². The third-order valence-corrected chi connectivity index (χ3v) is 3.01. The maximum absolute atomic E-state index is 3.42. The van der Waals surface area contributed by atoms with Gasteiger partial charge in [0.25, 0.3) is 0 Å². The molecule has 0 spiro atoms. The molecule has 2 aliphatic rings. The second-order valence-corrected chi connectivity index (χ2v) is 4.60. The van der Waals surface area contributed by atoms with Gasteiger partial charge in [0.1, 0.15) is 0 Å². The number of hydrogen-bond acceptors (Lipinski definition) is 3. The Morgan fingerprint density at radius 1 is 1.62 bits per heavy atom. The van der Waals surface area contributed by atoms with Crippen molar-refractivity contribution < 1.29 is 0 Å². The number of rotatable bonds is 1. The van der Waals surface area contributed by atoms with Gasteiger partial charge in [0.15, 0.2) is 0 Å². The van der Waals surface area contributed by atoms with Crippen molar-refractivity contribution in [1.29, 1.82) is 0 Å². The molecule has 0 aromatic carbocycles. The van der Waals surface area contributed by atoms with E-state index in [1.807, 2.05) is 11.8 Å². The standard InChI is InChI=1S/C10H14N2S/c1-8-11-10(7-13-8)9-4-3-5-12(2)6-9/h3-4,6-8,11H,5H2,1-2H3. The molecule has 0 amide bonds. The highest BCUT2D eigenvalue weighted by Gasteiger charge is 2.14. The van der Waals surface area contributed by atoms with Gasteiger partial charge < -0.3 is 10.2 Å². The molecule has 13 heavy (non-hydrogen) atoms. The second-order valence-electron chi connectivity index (χ2n) is 3.38. The van der Waals surface area contributed by atoms with Crippen molar-refractivity contribution in [3.8, 4) is 0 Å². The molecule has 2 rings (SSSR count). The van der Waals surface area contributed by atoms with E-state index in [-0.39, 0.29) is 0 Å². The summed E-state index contributed by atoms with van der Waals surface area (Å²) in [6.07, 6.45) is 6.54. The van der Waals surface area contributed by atoms with Crippen molar-refractivity contribution >= 4 is 11.8 Å². The van der Waals surface area contributed by atoms with Crippen LogP contribution >= 0.6 is 11.8 Å². The van der Waals surface area contributed by atoms with Gasteiger partial charge in [0.2, 0.25) is 0 Å². The first-order valence-corrected chi connectivity index (χ1v) is 5.41. The summed E-state index contributed by atoms with van der Waals surface area (Å²) in [5, 5.41) is 6.13. The summed E-state index contributed by atoms with van der Waals surface area (Å²) in [6, 6.07) is 0. The van der Waals surface area contributed by atoms with Gasteiger partial charge in [-0.25, -0.2) is 0 Å². The molecule has 0 fully saturated rings. The average molecular weight is 194 g/mol. The lowest BCUT2D eigenvalue weighted by Crippen LogP contribution is -2.20. The van der Waals surface area contributed by atoms with Crippen molar-refractivity contribution in [3.05, 3.63) is 35.0 Å². The van der Waals surface area contributed by atoms with Crippen LogP contribution in [0.5, 0.6) is 0 Å². The molecule has 2 heterocycles. The zero-order valence-electron chi connectivity index (χ0n) is 7.95. The average Bonchev–Trinajstić information content (AvgIpc) is 2.52. The topological polar surface area (TPSA) is 15.3 Å². The minimum atomic E-state index is 0.511. The van der Waals surface area contributed by atoms with Gasteiger partial charge in [-0.2, -0.15) is 0 Å². The molecule has 3 heteroatoms. The third-order valence-electron chi connectivity index (χ3n) is 2.11. The van der Waals surface area contributed by atoms with Gasteiger partial charge in [-0.05, 0) is 12.3 Å². The zero-order valence-corrected chi connectivity index (χ0v) is 8.77. The Hall–Kier alpha value is -0.830.